The largest absolute Gasteiger partial charge is 0.301 e. The van der Waals surface area contributed by atoms with Crippen LogP contribution in [0.4, 0.5) is 0 Å². The molecule has 2 amide bonds. The lowest BCUT2D eigenvalue weighted by atomic mass is 10.2. The highest BCUT2D eigenvalue weighted by atomic mass is 35.5. The van der Waals surface area contributed by atoms with Crippen molar-refractivity contribution in [1.82, 2.24) is 10.2 Å². The maximum atomic E-state index is 12.0. The fourth-order valence-corrected chi connectivity index (χ4v) is 2.40. The number of hydrogen-bond donors (Lipinski definition) is 1. The van der Waals surface area contributed by atoms with Crippen molar-refractivity contribution in [1.29, 1.82) is 0 Å². The summed E-state index contributed by atoms with van der Waals surface area (Å²) in [5.41, 5.74) is 1.00. The lowest BCUT2D eigenvalue weighted by molar-refractivity contribution is -0.138. The Bertz CT molecular complexity index is 490. The molecule has 4 nitrogen and oxygen atoms in total. The predicted molar refractivity (Wildman–Crippen MR) is 73.7 cm³/mol. The number of carbonyl (C=O) groups is 2. The monoisotopic (exact) mass is 280 g/mol. The highest BCUT2D eigenvalue weighted by molar-refractivity contribution is 6.30. The van der Waals surface area contributed by atoms with E-state index in [2.05, 4.69) is 5.32 Å². The van der Waals surface area contributed by atoms with E-state index in [1.807, 2.05) is 25.1 Å². The first-order valence-corrected chi connectivity index (χ1v) is 6.81. The minimum Gasteiger partial charge on any atom is -0.301 e. The quantitative estimate of drug-likeness (QED) is 0.839. The van der Waals surface area contributed by atoms with Gasteiger partial charge in [-0.15, -0.1) is 0 Å². The number of hydrogen-bond acceptors (Lipinski definition) is 3. The maximum Gasteiger partial charge on any atom is 0.246 e. The van der Waals surface area contributed by atoms with E-state index in [9.17, 15) is 9.59 Å². The molecule has 1 aliphatic heterocycles. The summed E-state index contributed by atoms with van der Waals surface area (Å²) in [6, 6.07) is 7.05. The number of imide groups is 1. The molecule has 1 unspecified atom stereocenters. The van der Waals surface area contributed by atoms with Crippen LogP contribution in [0.15, 0.2) is 24.3 Å². The maximum absolute atomic E-state index is 12.0. The number of benzene rings is 1. The van der Waals surface area contributed by atoms with Gasteiger partial charge in [-0.3, -0.25) is 14.5 Å². The second-order valence-electron chi connectivity index (χ2n) is 4.65. The Morgan fingerprint density at radius 1 is 1.42 bits per heavy atom. The molecule has 0 aromatic heterocycles. The number of nitrogens with zero attached hydrogens (tertiary/aromatic N) is 1. The van der Waals surface area contributed by atoms with Crippen molar-refractivity contribution in [2.24, 2.45) is 0 Å². The van der Waals surface area contributed by atoms with Crippen LogP contribution in [0.1, 0.15) is 25.3 Å². The van der Waals surface area contributed by atoms with Crippen LogP contribution in [0.3, 0.4) is 0 Å². The molecular formula is C14H17ClN2O2. The summed E-state index contributed by atoms with van der Waals surface area (Å²) in [5, 5.41) is 3.79. The first-order chi connectivity index (χ1) is 9.11. The Hall–Kier alpha value is -1.39. The number of likely N-dealkylation sites (tertiary alicyclic amines) is 1. The van der Waals surface area contributed by atoms with E-state index in [4.69, 9.17) is 11.6 Å². The topological polar surface area (TPSA) is 49.4 Å². The van der Waals surface area contributed by atoms with Crippen LogP contribution in [0.25, 0.3) is 0 Å². The van der Waals surface area contributed by atoms with Gasteiger partial charge >= 0.3 is 0 Å². The Morgan fingerprint density at radius 2 is 2.21 bits per heavy atom. The van der Waals surface area contributed by atoms with E-state index in [0.717, 1.165) is 12.0 Å². The van der Waals surface area contributed by atoms with Crippen molar-refractivity contribution in [2.45, 2.75) is 32.4 Å². The summed E-state index contributed by atoms with van der Waals surface area (Å²) in [5.74, 6) is -0.204. The van der Waals surface area contributed by atoms with Gasteiger partial charge in [0.2, 0.25) is 11.8 Å². The second-order valence-corrected chi connectivity index (χ2v) is 5.09. The van der Waals surface area contributed by atoms with Gasteiger partial charge in [0, 0.05) is 18.1 Å². The average Bonchev–Trinajstić information content (AvgIpc) is 2.65. The molecule has 2 rings (SSSR count). The highest BCUT2D eigenvalue weighted by Gasteiger charge is 2.37. The van der Waals surface area contributed by atoms with E-state index in [1.165, 1.54) is 4.90 Å². The first-order valence-electron chi connectivity index (χ1n) is 6.44. The molecule has 1 aliphatic rings. The molecule has 5 heteroatoms. The summed E-state index contributed by atoms with van der Waals surface area (Å²) >= 11 is 5.90. The highest BCUT2D eigenvalue weighted by Crippen LogP contribution is 2.15. The van der Waals surface area contributed by atoms with Crippen molar-refractivity contribution >= 4 is 23.4 Å². The molecular weight excluding hydrogens is 264 g/mol. The smallest absolute Gasteiger partial charge is 0.246 e. The molecule has 1 atom stereocenters. The molecule has 0 spiro atoms. The third kappa shape index (κ3) is 3.33. The molecule has 102 valence electrons. The molecule has 0 aliphatic carbocycles. The molecule has 1 fully saturated rings. The second kappa shape index (κ2) is 6.17. The summed E-state index contributed by atoms with van der Waals surface area (Å²) in [6.45, 7) is 2.99. The fraction of sp³-hybridized carbons (Fsp3) is 0.429. The fourth-order valence-electron chi connectivity index (χ4n) is 2.19. The lowest BCUT2D eigenvalue weighted by Crippen LogP contribution is -2.38. The Balaban J connectivity index is 1.94. The number of carbonyl (C=O) groups excluding carboxylic acids is 2. The van der Waals surface area contributed by atoms with E-state index < -0.39 is 6.04 Å². The van der Waals surface area contributed by atoms with Gasteiger partial charge in [0.25, 0.3) is 0 Å². The minimum absolute atomic E-state index is 0.0876. The van der Waals surface area contributed by atoms with E-state index in [1.54, 1.807) is 6.07 Å². The average molecular weight is 281 g/mol. The van der Waals surface area contributed by atoms with E-state index >= 15 is 0 Å². The van der Waals surface area contributed by atoms with Gasteiger partial charge in [-0.25, -0.2) is 0 Å². The van der Waals surface area contributed by atoms with Crippen LogP contribution in [0, 0.1) is 0 Å². The van der Waals surface area contributed by atoms with E-state index in [0.29, 0.717) is 18.1 Å². The summed E-state index contributed by atoms with van der Waals surface area (Å²) in [4.78, 5) is 25.0. The first kappa shape index (κ1) is 14.0. The van der Waals surface area contributed by atoms with Crippen molar-refractivity contribution in [3.8, 4) is 0 Å². The SMILES string of the molecule is CCCN1C(=O)CC(NCc2cccc(Cl)c2)C1=O. The molecule has 1 heterocycles. The zero-order valence-corrected chi connectivity index (χ0v) is 11.6. The summed E-state index contributed by atoms with van der Waals surface area (Å²) < 4.78 is 0. The molecule has 0 saturated carbocycles. The van der Waals surface area contributed by atoms with Crippen molar-refractivity contribution < 1.29 is 9.59 Å². The Morgan fingerprint density at radius 3 is 2.89 bits per heavy atom. The van der Waals surface area contributed by atoms with Gasteiger partial charge in [-0.05, 0) is 24.1 Å². The molecule has 19 heavy (non-hydrogen) atoms. The molecule has 1 N–H and O–H groups in total. The Labute approximate surface area is 117 Å². The van der Waals surface area contributed by atoms with Gasteiger partial charge in [0.15, 0.2) is 0 Å². The zero-order valence-electron chi connectivity index (χ0n) is 10.9. The van der Waals surface area contributed by atoms with Gasteiger partial charge in [-0.2, -0.15) is 0 Å². The standard InChI is InChI=1S/C14H17ClN2O2/c1-2-6-17-13(18)8-12(14(17)19)16-9-10-4-3-5-11(15)7-10/h3-5,7,12,16H,2,6,8-9H2,1H3. The zero-order chi connectivity index (χ0) is 13.8. The van der Waals surface area contributed by atoms with Crippen molar-refractivity contribution in [2.75, 3.05) is 6.54 Å². The molecule has 0 bridgehead atoms. The van der Waals surface area contributed by atoms with Crippen LogP contribution in [-0.4, -0.2) is 29.3 Å². The molecule has 1 aromatic carbocycles. The summed E-state index contributed by atoms with van der Waals surface area (Å²) in [6.07, 6.45) is 1.04. The van der Waals surface area contributed by atoms with Crippen LogP contribution in [0.2, 0.25) is 5.02 Å². The van der Waals surface area contributed by atoms with Gasteiger partial charge < -0.3 is 5.32 Å². The minimum atomic E-state index is -0.405. The molecule has 1 aromatic rings. The van der Waals surface area contributed by atoms with Gasteiger partial charge in [-0.1, -0.05) is 30.7 Å². The number of nitrogens with one attached hydrogen (secondary N) is 1. The Kier molecular flexibility index (Phi) is 4.56. The third-order valence-electron chi connectivity index (χ3n) is 3.13. The molecule has 1 saturated heterocycles. The van der Waals surface area contributed by atoms with Crippen molar-refractivity contribution in [3.63, 3.8) is 0 Å². The van der Waals surface area contributed by atoms with Gasteiger partial charge in [0.1, 0.15) is 0 Å². The number of amides is 2. The van der Waals surface area contributed by atoms with E-state index in [-0.39, 0.29) is 18.2 Å². The van der Waals surface area contributed by atoms with Crippen LogP contribution in [-0.2, 0) is 16.1 Å². The van der Waals surface area contributed by atoms with Crippen LogP contribution < -0.4 is 5.32 Å². The van der Waals surface area contributed by atoms with Crippen LogP contribution >= 0.6 is 11.6 Å². The third-order valence-corrected chi connectivity index (χ3v) is 3.37. The lowest BCUT2D eigenvalue weighted by Gasteiger charge is -2.14. The number of halogens is 1. The number of rotatable bonds is 5. The normalized spacial score (nSPS) is 19.3. The molecule has 0 radical (unpaired) electrons. The predicted octanol–water partition coefficient (Wildman–Crippen LogP) is 1.97. The van der Waals surface area contributed by atoms with Crippen LogP contribution in [0.5, 0.6) is 0 Å². The van der Waals surface area contributed by atoms with Crippen molar-refractivity contribution in [3.05, 3.63) is 34.9 Å². The summed E-state index contributed by atoms with van der Waals surface area (Å²) in [7, 11) is 0. The van der Waals surface area contributed by atoms with Gasteiger partial charge in [0.05, 0.1) is 12.5 Å².